The Morgan fingerprint density at radius 3 is 2.50 bits per heavy atom. The smallest absolute Gasteiger partial charge is 0.229 e. The fourth-order valence-electron chi connectivity index (χ4n) is 4.69. The van der Waals surface area contributed by atoms with Crippen LogP contribution in [0.5, 0.6) is 0 Å². The van der Waals surface area contributed by atoms with Crippen LogP contribution >= 0.6 is 12.2 Å². The van der Waals surface area contributed by atoms with E-state index in [-0.39, 0.29) is 12.1 Å². The molecular weight excluding hydrogens is 490 g/mol. The number of sulfonamides is 1. The predicted molar refractivity (Wildman–Crippen MR) is 148 cm³/mol. The first-order chi connectivity index (χ1) is 17.2. The Balaban J connectivity index is 1.64. The van der Waals surface area contributed by atoms with Gasteiger partial charge in [0.25, 0.3) is 0 Å². The van der Waals surface area contributed by atoms with Gasteiger partial charge in [0.15, 0.2) is 5.11 Å². The van der Waals surface area contributed by atoms with E-state index in [1.807, 2.05) is 43.3 Å². The van der Waals surface area contributed by atoms with Crippen LogP contribution in [0.15, 0.2) is 85.2 Å². The average molecular weight is 518 g/mol. The summed E-state index contributed by atoms with van der Waals surface area (Å²) in [4.78, 5) is 6.73. The lowest BCUT2D eigenvalue weighted by atomic mass is 10.00. The number of rotatable bonds is 6. The number of hydrogen-bond acceptors (Lipinski definition) is 4. The van der Waals surface area contributed by atoms with Gasteiger partial charge in [-0.15, -0.1) is 0 Å². The number of nitrogens with zero attached hydrogens (tertiary/aromatic N) is 3. The minimum atomic E-state index is -3.39. The summed E-state index contributed by atoms with van der Waals surface area (Å²) < 4.78 is 28.3. The van der Waals surface area contributed by atoms with Crippen molar-refractivity contribution in [3.63, 3.8) is 0 Å². The highest BCUT2D eigenvalue weighted by Gasteiger charge is 2.42. The Morgan fingerprint density at radius 2 is 1.81 bits per heavy atom. The molecule has 1 saturated heterocycles. The summed E-state index contributed by atoms with van der Waals surface area (Å²) in [6, 6.07) is 23.6. The second-order valence-electron chi connectivity index (χ2n) is 9.01. The van der Waals surface area contributed by atoms with Crippen molar-refractivity contribution in [2.24, 2.45) is 0 Å². The number of benzene rings is 2. The van der Waals surface area contributed by atoms with Gasteiger partial charge in [-0.05, 0) is 91.8 Å². The monoisotopic (exact) mass is 517 g/mol. The Morgan fingerprint density at radius 1 is 0.972 bits per heavy atom. The van der Waals surface area contributed by atoms with E-state index in [1.165, 1.54) is 5.56 Å². The average Bonchev–Trinajstić information content (AvgIpc) is 3.44. The zero-order chi connectivity index (χ0) is 25.4. The van der Waals surface area contributed by atoms with Crippen LogP contribution in [-0.4, -0.2) is 29.3 Å². The van der Waals surface area contributed by atoms with Crippen molar-refractivity contribution < 1.29 is 8.42 Å². The standard InChI is InChI=1S/C27H27N5O2S2/c1-18-8-6-9-20(16-18)31-15-7-11-24(31)26-25(23-10-4-5-14-28-23)29-27(35)32(26)21-12-13-22(19(2)17-21)30-36(3,33)34/h4-17,25-26,30H,1-3H3,(H,29,35). The van der Waals surface area contributed by atoms with E-state index in [0.29, 0.717) is 10.8 Å². The molecule has 2 unspecified atom stereocenters. The number of anilines is 2. The van der Waals surface area contributed by atoms with Gasteiger partial charge < -0.3 is 14.8 Å². The van der Waals surface area contributed by atoms with Crippen LogP contribution in [-0.2, 0) is 10.0 Å². The summed E-state index contributed by atoms with van der Waals surface area (Å²) in [5.74, 6) is 0. The van der Waals surface area contributed by atoms with Crippen molar-refractivity contribution in [3.05, 3.63) is 108 Å². The van der Waals surface area contributed by atoms with E-state index in [9.17, 15) is 8.42 Å². The molecule has 1 aliphatic heterocycles. The summed E-state index contributed by atoms with van der Waals surface area (Å²) in [5.41, 5.74) is 6.39. The second-order valence-corrected chi connectivity index (χ2v) is 11.1. The molecule has 2 aromatic heterocycles. The van der Waals surface area contributed by atoms with Gasteiger partial charge in [-0.1, -0.05) is 18.2 Å². The summed E-state index contributed by atoms with van der Waals surface area (Å²) in [6.45, 7) is 3.96. The lowest BCUT2D eigenvalue weighted by molar-refractivity contribution is 0.549. The highest BCUT2D eigenvalue weighted by Crippen LogP contribution is 2.43. The zero-order valence-corrected chi connectivity index (χ0v) is 21.8. The maximum absolute atomic E-state index is 11.8. The molecular formula is C27H27N5O2S2. The van der Waals surface area contributed by atoms with Gasteiger partial charge in [0.1, 0.15) is 6.04 Å². The van der Waals surface area contributed by atoms with Crippen LogP contribution in [0.4, 0.5) is 11.4 Å². The van der Waals surface area contributed by atoms with Crippen molar-refractivity contribution in [1.29, 1.82) is 0 Å². The van der Waals surface area contributed by atoms with Crippen molar-refractivity contribution in [3.8, 4) is 5.69 Å². The van der Waals surface area contributed by atoms with Gasteiger partial charge in [0, 0.05) is 29.5 Å². The van der Waals surface area contributed by atoms with E-state index in [4.69, 9.17) is 12.2 Å². The van der Waals surface area contributed by atoms with Crippen molar-refractivity contribution >= 4 is 38.7 Å². The van der Waals surface area contributed by atoms with Crippen LogP contribution in [0.1, 0.15) is 34.6 Å². The number of hydrogen-bond donors (Lipinski definition) is 2. The summed E-state index contributed by atoms with van der Waals surface area (Å²) >= 11 is 5.86. The lowest BCUT2D eigenvalue weighted by Gasteiger charge is -2.29. The van der Waals surface area contributed by atoms with Crippen molar-refractivity contribution in [2.75, 3.05) is 15.9 Å². The maximum Gasteiger partial charge on any atom is 0.229 e. The molecule has 0 spiro atoms. The third kappa shape index (κ3) is 4.72. The van der Waals surface area contributed by atoms with Crippen LogP contribution in [0.2, 0.25) is 0 Å². The topological polar surface area (TPSA) is 79.3 Å². The Hall–Kier alpha value is -3.69. The zero-order valence-electron chi connectivity index (χ0n) is 20.2. The number of pyridine rings is 1. The van der Waals surface area contributed by atoms with Crippen LogP contribution < -0.4 is 14.9 Å². The van der Waals surface area contributed by atoms with Gasteiger partial charge in [0.2, 0.25) is 10.0 Å². The molecule has 4 aromatic rings. The van der Waals surface area contributed by atoms with Crippen molar-refractivity contribution in [1.82, 2.24) is 14.9 Å². The molecule has 7 nitrogen and oxygen atoms in total. The van der Waals surface area contributed by atoms with Gasteiger partial charge >= 0.3 is 0 Å². The fraction of sp³-hybridized carbons (Fsp3) is 0.185. The SMILES string of the molecule is Cc1cccc(-n2cccc2C2C(c3ccccn3)NC(=S)N2c2ccc(NS(C)(=O)=O)c(C)c2)c1. The Kier molecular flexibility index (Phi) is 6.27. The molecule has 3 heterocycles. The first-order valence-electron chi connectivity index (χ1n) is 11.5. The molecule has 184 valence electrons. The van der Waals surface area contributed by atoms with Crippen LogP contribution in [0.3, 0.4) is 0 Å². The van der Waals surface area contributed by atoms with E-state index in [1.54, 1.807) is 12.3 Å². The molecule has 0 radical (unpaired) electrons. The highest BCUT2D eigenvalue weighted by atomic mass is 32.2. The maximum atomic E-state index is 11.8. The van der Waals surface area contributed by atoms with Crippen LogP contribution in [0, 0.1) is 13.8 Å². The quantitative estimate of drug-likeness (QED) is 0.349. The van der Waals surface area contributed by atoms with Gasteiger partial charge in [-0.25, -0.2) is 8.42 Å². The minimum Gasteiger partial charge on any atom is -0.351 e. The first kappa shape index (κ1) is 24.0. The largest absolute Gasteiger partial charge is 0.351 e. The van der Waals surface area contributed by atoms with E-state index in [2.05, 4.69) is 67.9 Å². The van der Waals surface area contributed by atoms with E-state index >= 15 is 0 Å². The highest BCUT2D eigenvalue weighted by molar-refractivity contribution is 7.92. The molecule has 1 aliphatic rings. The van der Waals surface area contributed by atoms with E-state index in [0.717, 1.165) is 34.6 Å². The molecule has 5 rings (SSSR count). The molecule has 0 amide bonds. The molecule has 1 fully saturated rings. The number of thiocarbonyl (C=S) groups is 1. The number of aryl methyl sites for hydroxylation is 2. The third-order valence-electron chi connectivity index (χ3n) is 6.24. The number of nitrogens with one attached hydrogen (secondary N) is 2. The fourth-order valence-corrected chi connectivity index (χ4v) is 5.67. The summed E-state index contributed by atoms with van der Waals surface area (Å²) in [5, 5.41) is 4.07. The minimum absolute atomic E-state index is 0.189. The molecule has 2 N–H and O–H groups in total. The molecule has 36 heavy (non-hydrogen) atoms. The molecule has 2 aromatic carbocycles. The molecule has 9 heteroatoms. The van der Waals surface area contributed by atoms with Gasteiger partial charge in [-0.3, -0.25) is 9.71 Å². The molecule has 0 saturated carbocycles. The summed E-state index contributed by atoms with van der Waals surface area (Å²) in [6.07, 6.45) is 4.99. The van der Waals surface area contributed by atoms with Crippen LogP contribution in [0.25, 0.3) is 5.69 Å². The normalized spacial score (nSPS) is 17.8. The van der Waals surface area contributed by atoms with E-state index < -0.39 is 10.0 Å². The number of aromatic nitrogens is 2. The summed E-state index contributed by atoms with van der Waals surface area (Å²) in [7, 11) is -3.39. The second kappa shape index (κ2) is 9.40. The Labute approximate surface area is 216 Å². The Bertz CT molecular complexity index is 1530. The molecule has 2 atom stereocenters. The predicted octanol–water partition coefficient (Wildman–Crippen LogP) is 5.04. The van der Waals surface area contributed by atoms with Gasteiger partial charge in [0.05, 0.1) is 23.7 Å². The third-order valence-corrected chi connectivity index (χ3v) is 7.15. The molecule has 0 bridgehead atoms. The van der Waals surface area contributed by atoms with Crippen molar-refractivity contribution in [2.45, 2.75) is 25.9 Å². The van der Waals surface area contributed by atoms with Gasteiger partial charge in [-0.2, -0.15) is 0 Å². The first-order valence-corrected chi connectivity index (χ1v) is 13.8. The lowest BCUT2D eigenvalue weighted by Crippen LogP contribution is -2.30. The molecule has 0 aliphatic carbocycles.